The molecule has 8 heteroatoms. The maximum Gasteiger partial charge on any atom is 0.295 e. The van der Waals surface area contributed by atoms with E-state index in [-0.39, 0.29) is 11.3 Å². The zero-order chi connectivity index (χ0) is 24.8. The van der Waals surface area contributed by atoms with E-state index in [2.05, 4.69) is 4.90 Å². The van der Waals surface area contributed by atoms with Gasteiger partial charge >= 0.3 is 0 Å². The Labute approximate surface area is 200 Å². The van der Waals surface area contributed by atoms with Crippen LogP contribution in [-0.4, -0.2) is 74.1 Å². The summed E-state index contributed by atoms with van der Waals surface area (Å²) in [6, 6.07) is 11.1. The second-order valence-electron chi connectivity index (χ2n) is 7.86. The number of amides is 1. The van der Waals surface area contributed by atoms with Crippen LogP contribution in [0.4, 0.5) is 0 Å². The summed E-state index contributed by atoms with van der Waals surface area (Å²) >= 11 is 0. The highest BCUT2D eigenvalue weighted by Crippen LogP contribution is 2.43. The molecule has 182 valence electrons. The summed E-state index contributed by atoms with van der Waals surface area (Å²) in [5.41, 5.74) is 0.992. The van der Waals surface area contributed by atoms with Gasteiger partial charge in [-0.1, -0.05) is 13.8 Å². The number of methoxy groups -OCH3 is 3. The number of carbonyl (C=O) groups excluding carboxylic acids is 2. The van der Waals surface area contributed by atoms with Gasteiger partial charge in [0.2, 0.25) is 0 Å². The molecule has 1 unspecified atom stereocenters. The third-order valence-electron chi connectivity index (χ3n) is 6.19. The van der Waals surface area contributed by atoms with Gasteiger partial charge in [0, 0.05) is 24.2 Å². The van der Waals surface area contributed by atoms with Crippen molar-refractivity contribution in [3.05, 3.63) is 59.2 Å². The second kappa shape index (κ2) is 11.1. The summed E-state index contributed by atoms with van der Waals surface area (Å²) in [5.74, 6) is 0.0130. The smallest absolute Gasteiger partial charge is 0.295 e. The number of Topliss-reactive ketones (excluding diaryl/α,β-unsaturated/α-hetero) is 1. The van der Waals surface area contributed by atoms with Crippen LogP contribution >= 0.6 is 0 Å². The van der Waals surface area contributed by atoms with E-state index in [4.69, 9.17) is 14.2 Å². The van der Waals surface area contributed by atoms with Gasteiger partial charge in [-0.3, -0.25) is 9.59 Å². The normalized spacial score (nSPS) is 17.4. The van der Waals surface area contributed by atoms with E-state index in [1.165, 1.54) is 12.0 Å². The molecule has 1 atom stereocenters. The number of benzene rings is 2. The van der Waals surface area contributed by atoms with Gasteiger partial charge in [-0.2, -0.15) is 0 Å². The van der Waals surface area contributed by atoms with E-state index >= 15 is 0 Å². The molecule has 1 saturated heterocycles. The number of carbonyl (C=O) groups is 2. The highest BCUT2D eigenvalue weighted by atomic mass is 16.5. The lowest BCUT2D eigenvalue weighted by Gasteiger charge is -2.29. The Balaban J connectivity index is 2.18. The summed E-state index contributed by atoms with van der Waals surface area (Å²) < 4.78 is 16.2. The fourth-order valence-electron chi connectivity index (χ4n) is 4.18. The Bertz CT molecular complexity index is 1060. The van der Waals surface area contributed by atoms with Crippen molar-refractivity contribution in [3.8, 4) is 17.2 Å². The van der Waals surface area contributed by atoms with Crippen LogP contribution in [0.3, 0.4) is 0 Å². The first-order chi connectivity index (χ1) is 16.4. The molecule has 1 fully saturated rings. The van der Waals surface area contributed by atoms with Gasteiger partial charge in [-0.25, -0.2) is 0 Å². The number of likely N-dealkylation sites (tertiary alicyclic amines) is 1. The lowest BCUT2D eigenvalue weighted by Crippen LogP contribution is -2.38. The van der Waals surface area contributed by atoms with Crippen LogP contribution < -0.4 is 14.2 Å². The minimum absolute atomic E-state index is 0.0151. The number of ether oxygens (including phenoxy) is 3. The van der Waals surface area contributed by atoms with Crippen LogP contribution in [0, 0.1) is 0 Å². The number of hydrogen-bond donors (Lipinski definition) is 1. The minimum atomic E-state index is -0.831. The number of likely N-dealkylation sites (N-methyl/N-ethyl adjacent to an activating group) is 1. The first-order valence-electron chi connectivity index (χ1n) is 11.3. The van der Waals surface area contributed by atoms with Crippen molar-refractivity contribution in [2.75, 3.05) is 47.5 Å². The molecule has 34 heavy (non-hydrogen) atoms. The zero-order valence-corrected chi connectivity index (χ0v) is 20.3. The number of ketones is 1. The van der Waals surface area contributed by atoms with Gasteiger partial charge in [-0.15, -0.1) is 0 Å². The standard InChI is InChI=1S/C26H32N2O6/c1-6-27(7-2)14-15-28-23(20-16-19(33-4)12-13-21(20)34-5)22(25(30)26(28)31)24(29)17-8-10-18(32-3)11-9-17/h8-13,16,23,29H,6-7,14-15H2,1-5H3/b24-22-. The summed E-state index contributed by atoms with van der Waals surface area (Å²) in [6.07, 6.45) is 0. The van der Waals surface area contributed by atoms with Gasteiger partial charge in [0.05, 0.1) is 32.9 Å². The lowest BCUT2D eigenvalue weighted by molar-refractivity contribution is -0.140. The second-order valence-corrected chi connectivity index (χ2v) is 7.86. The Morgan fingerprint density at radius 2 is 1.56 bits per heavy atom. The average molecular weight is 469 g/mol. The van der Waals surface area contributed by atoms with Crippen LogP contribution in [0.2, 0.25) is 0 Å². The molecule has 2 aromatic rings. The number of aliphatic hydroxyl groups excluding tert-OH is 1. The molecule has 3 rings (SSSR count). The number of rotatable bonds is 10. The molecule has 1 amide bonds. The molecule has 0 spiro atoms. The maximum absolute atomic E-state index is 13.3. The molecule has 0 bridgehead atoms. The van der Waals surface area contributed by atoms with Crippen LogP contribution in [0.5, 0.6) is 17.2 Å². The quantitative estimate of drug-likeness (QED) is 0.324. The number of nitrogens with zero attached hydrogens (tertiary/aromatic N) is 2. The van der Waals surface area contributed by atoms with E-state index in [0.29, 0.717) is 41.5 Å². The number of hydrogen-bond acceptors (Lipinski definition) is 7. The van der Waals surface area contributed by atoms with Crippen molar-refractivity contribution in [3.63, 3.8) is 0 Å². The van der Waals surface area contributed by atoms with E-state index < -0.39 is 17.7 Å². The lowest BCUT2D eigenvalue weighted by atomic mass is 9.94. The van der Waals surface area contributed by atoms with Crippen molar-refractivity contribution in [1.82, 2.24) is 9.80 Å². The van der Waals surface area contributed by atoms with E-state index in [9.17, 15) is 14.7 Å². The predicted molar refractivity (Wildman–Crippen MR) is 129 cm³/mol. The van der Waals surface area contributed by atoms with Crippen molar-refractivity contribution in [1.29, 1.82) is 0 Å². The molecular formula is C26H32N2O6. The minimum Gasteiger partial charge on any atom is -0.507 e. The Kier molecular flexibility index (Phi) is 8.17. The molecule has 0 aromatic heterocycles. The average Bonchev–Trinajstić information content (AvgIpc) is 3.13. The first-order valence-corrected chi connectivity index (χ1v) is 11.3. The van der Waals surface area contributed by atoms with E-state index in [1.807, 2.05) is 13.8 Å². The van der Waals surface area contributed by atoms with Gasteiger partial charge in [-0.05, 0) is 55.6 Å². The van der Waals surface area contributed by atoms with Crippen molar-refractivity contribution < 1.29 is 28.9 Å². The number of aliphatic hydroxyl groups is 1. The molecule has 0 radical (unpaired) electrons. The maximum atomic E-state index is 13.3. The van der Waals surface area contributed by atoms with Gasteiger partial charge in [0.25, 0.3) is 11.7 Å². The summed E-state index contributed by atoms with van der Waals surface area (Å²) in [7, 11) is 4.61. The van der Waals surface area contributed by atoms with Gasteiger partial charge < -0.3 is 29.1 Å². The van der Waals surface area contributed by atoms with Crippen LogP contribution in [0.15, 0.2) is 48.0 Å². The Morgan fingerprint density at radius 1 is 0.941 bits per heavy atom. The predicted octanol–water partition coefficient (Wildman–Crippen LogP) is 3.48. The molecule has 1 aliphatic rings. The van der Waals surface area contributed by atoms with Crippen LogP contribution in [0.25, 0.3) is 5.76 Å². The molecule has 8 nitrogen and oxygen atoms in total. The molecule has 0 aliphatic carbocycles. The molecule has 0 saturated carbocycles. The topological polar surface area (TPSA) is 88.5 Å². The summed E-state index contributed by atoms with van der Waals surface area (Å²) in [5, 5.41) is 11.2. The molecule has 1 N–H and O–H groups in total. The monoisotopic (exact) mass is 468 g/mol. The third-order valence-corrected chi connectivity index (χ3v) is 6.19. The SMILES string of the molecule is CCN(CC)CCN1C(=O)C(=O)/C(=C(\O)c2ccc(OC)cc2)C1c1cc(OC)ccc1OC. The Morgan fingerprint density at radius 3 is 2.12 bits per heavy atom. The molecule has 1 heterocycles. The van der Waals surface area contributed by atoms with Gasteiger partial charge in [0.1, 0.15) is 23.0 Å². The van der Waals surface area contributed by atoms with E-state index in [1.54, 1.807) is 56.7 Å². The highest BCUT2D eigenvalue weighted by molar-refractivity contribution is 6.46. The van der Waals surface area contributed by atoms with Crippen LogP contribution in [0.1, 0.15) is 31.0 Å². The largest absolute Gasteiger partial charge is 0.507 e. The fraction of sp³-hybridized carbons (Fsp3) is 0.385. The molecular weight excluding hydrogens is 436 g/mol. The van der Waals surface area contributed by atoms with Crippen LogP contribution in [-0.2, 0) is 9.59 Å². The van der Waals surface area contributed by atoms with Crippen molar-refractivity contribution in [2.45, 2.75) is 19.9 Å². The Hall–Kier alpha value is -3.52. The summed E-state index contributed by atoms with van der Waals surface area (Å²) in [6.45, 7) is 6.63. The van der Waals surface area contributed by atoms with Crippen molar-refractivity contribution in [2.24, 2.45) is 0 Å². The molecule has 2 aromatic carbocycles. The highest BCUT2D eigenvalue weighted by Gasteiger charge is 2.47. The van der Waals surface area contributed by atoms with E-state index in [0.717, 1.165) is 13.1 Å². The first kappa shape index (κ1) is 25.1. The third kappa shape index (κ3) is 4.87. The summed E-state index contributed by atoms with van der Waals surface area (Å²) in [4.78, 5) is 30.1. The molecule has 1 aliphatic heterocycles. The fourth-order valence-corrected chi connectivity index (χ4v) is 4.18. The zero-order valence-electron chi connectivity index (χ0n) is 20.3. The van der Waals surface area contributed by atoms with Gasteiger partial charge in [0.15, 0.2) is 0 Å². The van der Waals surface area contributed by atoms with Crippen molar-refractivity contribution >= 4 is 17.4 Å².